The summed E-state index contributed by atoms with van der Waals surface area (Å²) < 4.78 is 18.0. The normalized spacial score (nSPS) is 43.2. The molecule has 2 saturated carbocycles. The number of benzene rings is 1. The third-order valence-corrected chi connectivity index (χ3v) is 9.44. The third-order valence-electron chi connectivity index (χ3n) is 9.44. The SMILES string of the molecule is COc1cccc(N2CCN(C[C@@H]3C(=O)O[C@@H]4C[C@@]5(C)CCC[C@H](C)[C@@]56O[C@H]6[C@H]34)CC2)c1. The van der Waals surface area contributed by atoms with E-state index in [9.17, 15) is 4.79 Å². The number of fused-ring (bicyclic) bond motifs is 2. The van der Waals surface area contributed by atoms with Crippen molar-refractivity contribution in [3.8, 4) is 5.75 Å². The van der Waals surface area contributed by atoms with E-state index in [1.54, 1.807) is 7.11 Å². The van der Waals surface area contributed by atoms with Crippen LogP contribution in [-0.2, 0) is 14.3 Å². The van der Waals surface area contributed by atoms with Crippen molar-refractivity contribution >= 4 is 11.7 Å². The topological polar surface area (TPSA) is 54.5 Å². The molecule has 1 spiro atoms. The average Bonchev–Trinajstić information content (AvgIpc) is 3.48. The van der Waals surface area contributed by atoms with Crippen LogP contribution in [0, 0.1) is 23.2 Å². The summed E-state index contributed by atoms with van der Waals surface area (Å²) in [6, 6.07) is 8.27. The molecule has 1 aromatic rings. The van der Waals surface area contributed by atoms with Gasteiger partial charge in [0.25, 0.3) is 0 Å². The molecular formula is C26H36N2O4. The second-order valence-electron chi connectivity index (χ2n) is 11.0. The molecule has 3 saturated heterocycles. The van der Waals surface area contributed by atoms with Crippen molar-refractivity contribution in [1.29, 1.82) is 0 Å². The van der Waals surface area contributed by atoms with Crippen molar-refractivity contribution in [2.24, 2.45) is 23.2 Å². The molecule has 7 atom stereocenters. The average molecular weight is 441 g/mol. The van der Waals surface area contributed by atoms with Crippen LogP contribution >= 0.6 is 0 Å². The number of hydrogen-bond donors (Lipinski definition) is 0. The van der Waals surface area contributed by atoms with Crippen molar-refractivity contribution < 1.29 is 19.0 Å². The Morgan fingerprint density at radius 2 is 2.03 bits per heavy atom. The predicted octanol–water partition coefficient (Wildman–Crippen LogP) is 3.34. The Bertz CT molecular complexity index is 900. The summed E-state index contributed by atoms with van der Waals surface area (Å²) in [5, 5.41) is 0. The molecule has 0 radical (unpaired) electrons. The highest BCUT2D eigenvalue weighted by Crippen LogP contribution is 2.70. The summed E-state index contributed by atoms with van der Waals surface area (Å²) in [7, 11) is 1.71. The Balaban J connectivity index is 1.13. The van der Waals surface area contributed by atoms with E-state index in [0.717, 1.165) is 44.9 Å². The van der Waals surface area contributed by atoms with Crippen molar-refractivity contribution in [2.75, 3.05) is 44.7 Å². The van der Waals surface area contributed by atoms with Gasteiger partial charge in [-0.1, -0.05) is 26.3 Å². The van der Waals surface area contributed by atoms with Crippen LogP contribution in [0.4, 0.5) is 5.69 Å². The summed E-state index contributed by atoms with van der Waals surface area (Å²) >= 11 is 0. The second kappa shape index (κ2) is 7.36. The number of anilines is 1. The minimum Gasteiger partial charge on any atom is -0.497 e. The van der Waals surface area contributed by atoms with E-state index in [0.29, 0.717) is 5.92 Å². The molecule has 5 fully saturated rings. The number of methoxy groups -OCH3 is 1. The van der Waals surface area contributed by atoms with Gasteiger partial charge in [-0.2, -0.15) is 0 Å². The maximum Gasteiger partial charge on any atom is 0.311 e. The van der Waals surface area contributed by atoms with Gasteiger partial charge in [-0.25, -0.2) is 0 Å². The van der Waals surface area contributed by atoms with Gasteiger partial charge in [0.1, 0.15) is 17.5 Å². The lowest BCUT2D eigenvalue weighted by Gasteiger charge is -2.49. The number of epoxide rings is 1. The van der Waals surface area contributed by atoms with Gasteiger partial charge in [-0.15, -0.1) is 0 Å². The molecule has 0 unspecified atom stereocenters. The van der Waals surface area contributed by atoms with E-state index >= 15 is 0 Å². The monoisotopic (exact) mass is 440 g/mol. The van der Waals surface area contributed by atoms with Crippen molar-refractivity contribution in [3.05, 3.63) is 24.3 Å². The number of esters is 1. The largest absolute Gasteiger partial charge is 0.497 e. The fourth-order valence-electron chi connectivity index (χ4n) is 7.72. The third kappa shape index (κ3) is 2.95. The molecule has 6 heteroatoms. The van der Waals surface area contributed by atoms with Crippen LogP contribution in [0.15, 0.2) is 24.3 Å². The number of hydrogen-bond acceptors (Lipinski definition) is 6. The van der Waals surface area contributed by atoms with Crippen LogP contribution in [0.2, 0.25) is 0 Å². The van der Waals surface area contributed by atoms with Gasteiger partial charge in [0.15, 0.2) is 0 Å². The molecule has 0 amide bonds. The van der Waals surface area contributed by atoms with Crippen molar-refractivity contribution in [1.82, 2.24) is 4.90 Å². The Hall–Kier alpha value is -1.79. The molecular weight excluding hydrogens is 404 g/mol. The quantitative estimate of drug-likeness (QED) is 0.529. The van der Waals surface area contributed by atoms with Gasteiger partial charge in [0, 0.05) is 55.8 Å². The minimum atomic E-state index is -0.0496. The first-order valence-electron chi connectivity index (χ1n) is 12.4. The minimum absolute atomic E-state index is 0.00998. The first kappa shape index (κ1) is 20.8. The lowest BCUT2D eigenvalue weighted by Crippen LogP contribution is -2.55. The van der Waals surface area contributed by atoms with Crippen molar-refractivity contribution in [2.45, 2.75) is 57.3 Å². The highest BCUT2D eigenvalue weighted by Gasteiger charge is 2.78. The zero-order valence-electron chi connectivity index (χ0n) is 19.6. The number of ether oxygens (including phenoxy) is 3. The lowest BCUT2D eigenvalue weighted by atomic mass is 9.53. The van der Waals surface area contributed by atoms with Crippen LogP contribution in [-0.4, -0.2) is 68.5 Å². The zero-order chi connectivity index (χ0) is 22.1. The molecule has 6 nitrogen and oxygen atoms in total. The molecule has 32 heavy (non-hydrogen) atoms. The Morgan fingerprint density at radius 1 is 1.22 bits per heavy atom. The highest BCUT2D eigenvalue weighted by atomic mass is 16.6. The van der Waals surface area contributed by atoms with Gasteiger partial charge >= 0.3 is 5.97 Å². The maximum absolute atomic E-state index is 13.0. The first-order chi connectivity index (χ1) is 15.4. The van der Waals surface area contributed by atoms with Crippen LogP contribution in [0.3, 0.4) is 0 Å². The van der Waals surface area contributed by atoms with E-state index in [4.69, 9.17) is 14.2 Å². The van der Waals surface area contributed by atoms with Gasteiger partial charge in [0.05, 0.1) is 19.1 Å². The fraction of sp³-hybridized carbons (Fsp3) is 0.731. The summed E-state index contributed by atoms with van der Waals surface area (Å²) in [6.45, 7) is 9.39. The fourth-order valence-corrected chi connectivity index (χ4v) is 7.72. The molecule has 0 bridgehead atoms. The molecule has 0 N–H and O–H groups in total. The first-order valence-corrected chi connectivity index (χ1v) is 12.4. The molecule has 0 aromatic heterocycles. The van der Waals surface area contributed by atoms with Crippen LogP contribution in [0.1, 0.15) is 39.5 Å². The number of rotatable bonds is 4. The van der Waals surface area contributed by atoms with Gasteiger partial charge in [-0.3, -0.25) is 9.69 Å². The number of piperazine rings is 1. The van der Waals surface area contributed by atoms with Gasteiger partial charge < -0.3 is 19.1 Å². The van der Waals surface area contributed by atoms with Gasteiger partial charge in [0.2, 0.25) is 0 Å². The molecule has 5 aliphatic rings. The molecule has 6 rings (SSSR count). The highest BCUT2D eigenvalue weighted by molar-refractivity contribution is 5.76. The van der Waals surface area contributed by atoms with Crippen LogP contribution in [0.5, 0.6) is 5.75 Å². The van der Waals surface area contributed by atoms with E-state index in [2.05, 4.69) is 35.8 Å². The van der Waals surface area contributed by atoms with E-state index < -0.39 is 0 Å². The summed E-state index contributed by atoms with van der Waals surface area (Å²) in [4.78, 5) is 17.9. The Kier molecular flexibility index (Phi) is 4.78. The number of carbonyl (C=O) groups excluding carboxylic acids is 1. The summed E-state index contributed by atoms with van der Waals surface area (Å²) in [5.74, 6) is 1.66. The predicted molar refractivity (Wildman–Crippen MR) is 122 cm³/mol. The molecule has 174 valence electrons. The summed E-state index contributed by atoms with van der Waals surface area (Å²) in [6.07, 6.45) is 4.94. The molecule has 3 heterocycles. The maximum atomic E-state index is 13.0. The molecule has 2 aliphatic carbocycles. The van der Waals surface area contributed by atoms with E-state index in [1.807, 2.05) is 12.1 Å². The van der Waals surface area contributed by atoms with Crippen LogP contribution in [0.25, 0.3) is 0 Å². The Labute approximate surface area is 191 Å². The molecule has 1 aromatic carbocycles. The van der Waals surface area contributed by atoms with E-state index in [-0.39, 0.29) is 41.0 Å². The summed E-state index contributed by atoms with van der Waals surface area (Å²) in [5.41, 5.74) is 1.35. The van der Waals surface area contributed by atoms with Crippen LogP contribution < -0.4 is 9.64 Å². The van der Waals surface area contributed by atoms with E-state index in [1.165, 1.54) is 24.9 Å². The smallest absolute Gasteiger partial charge is 0.311 e. The van der Waals surface area contributed by atoms with Crippen molar-refractivity contribution in [3.63, 3.8) is 0 Å². The number of carbonyl (C=O) groups is 1. The lowest BCUT2D eigenvalue weighted by molar-refractivity contribution is -0.146. The van der Waals surface area contributed by atoms with Gasteiger partial charge in [-0.05, 0) is 37.3 Å². The Morgan fingerprint density at radius 3 is 2.81 bits per heavy atom. The second-order valence-corrected chi connectivity index (χ2v) is 11.0. The zero-order valence-corrected chi connectivity index (χ0v) is 19.6. The number of nitrogens with zero attached hydrogens (tertiary/aromatic N) is 2. The molecule has 3 aliphatic heterocycles. The standard InChI is InChI=1S/C26H36N2O4/c1-17-6-5-9-25(2)15-21-22(23-26(17,25)32-23)20(24(29)31-21)16-27-10-12-28(13-11-27)18-7-4-8-19(14-18)30-3/h4,7-8,14,17,20-23H,5-6,9-13,15-16H2,1-3H3/t17-,20-,21+,22+,23-,25+,26-/m0/s1.